The van der Waals surface area contributed by atoms with Crippen LogP contribution in [0.3, 0.4) is 0 Å². The van der Waals surface area contributed by atoms with E-state index in [0.29, 0.717) is 19.1 Å². The first kappa shape index (κ1) is 20.3. The van der Waals surface area contributed by atoms with E-state index in [2.05, 4.69) is 36.6 Å². The van der Waals surface area contributed by atoms with E-state index in [-0.39, 0.29) is 40.5 Å². The smallest absolute Gasteiger partial charge is 0.269 e. The number of rotatable bonds is 8. The van der Waals surface area contributed by atoms with Crippen LogP contribution in [0.15, 0.2) is 30.4 Å². The van der Waals surface area contributed by atoms with E-state index in [0.717, 1.165) is 24.1 Å². The van der Waals surface area contributed by atoms with Crippen molar-refractivity contribution in [2.24, 2.45) is 11.3 Å². The summed E-state index contributed by atoms with van der Waals surface area (Å²) < 4.78 is 5.14. The number of nitro benzene ring substituents is 1. The van der Waals surface area contributed by atoms with Gasteiger partial charge in [-0.15, -0.1) is 0 Å². The fourth-order valence-electron chi connectivity index (χ4n) is 4.40. The summed E-state index contributed by atoms with van der Waals surface area (Å²) in [4.78, 5) is 22.6. The average molecular weight is 387 g/mol. The summed E-state index contributed by atoms with van der Waals surface area (Å²) in [5.41, 5.74) is 2.05. The molecule has 1 amide bonds. The zero-order chi connectivity index (χ0) is 20.3. The molecule has 1 aliphatic heterocycles. The van der Waals surface area contributed by atoms with E-state index < -0.39 is 0 Å². The fourth-order valence-corrected chi connectivity index (χ4v) is 4.40. The van der Waals surface area contributed by atoms with Crippen LogP contribution in [-0.4, -0.2) is 36.6 Å². The predicted molar refractivity (Wildman–Crippen MR) is 108 cm³/mol. The zero-order valence-corrected chi connectivity index (χ0v) is 16.7. The first-order chi connectivity index (χ1) is 13.3. The molecule has 3 atom stereocenters. The molecule has 3 unspecified atom stereocenters. The number of anilines is 1. The summed E-state index contributed by atoms with van der Waals surface area (Å²) in [7, 11) is 0. The van der Waals surface area contributed by atoms with Crippen LogP contribution in [0.4, 0.5) is 11.4 Å². The van der Waals surface area contributed by atoms with E-state index in [9.17, 15) is 14.9 Å². The van der Waals surface area contributed by atoms with Crippen molar-refractivity contribution in [3.05, 3.63) is 46.0 Å². The van der Waals surface area contributed by atoms with Gasteiger partial charge in [0, 0.05) is 42.9 Å². The Morgan fingerprint density at radius 3 is 2.93 bits per heavy atom. The predicted octanol–water partition coefficient (Wildman–Crippen LogP) is 3.62. The molecule has 0 fully saturated rings. The number of nitro groups is 1. The lowest BCUT2D eigenvalue weighted by molar-refractivity contribution is -0.384. The molecule has 152 valence electrons. The van der Waals surface area contributed by atoms with Gasteiger partial charge in [0.1, 0.15) is 6.61 Å². The Hall–Kier alpha value is -2.41. The molecule has 0 saturated carbocycles. The number of amides is 1. The van der Waals surface area contributed by atoms with Crippen molar-refractivity contribution in [1.82, 2.24) is 5.32 Å². The third-order valence-corrected chi connectivity index (χ3v) is 5.93. The number of nitrogens with one attached hydrogen (secondary N) is 2. The number of carbonyl (C=O) groups is 1. The van der Waals surface area contributed by atoms with Gasteiger partial charge >= 0.3 is 0 Å². The van der Waals surface area contributed by atoms with Gasteiger partial charge in [0.2, 0.25) is 5.91 Å². The zero-order valence-electron chi connectivity index (χ0n) is 16.7. The van der Waals surface area contributed by atoms with E-state index >= 15 is 0 Å². The third-order valence-electron chi connectivity index (χ3n) is 5.93. The lowest BCUT2D eigenvalue weighted by atomic mass is 9.68. The van der Waals surface area contributed by atoms with Crippen LogP contribution in [0.5, 0.6) is 0 Å². The van der Waals surface area contributed by atoms with Crippen LogP contribution in [0.2, 0.25) is 0 Å². The van der Waals surface area contributed by atoms with E-state index in [1.54, 1.807) is 12.1 Å². The summed E-state index contributed by atoms with van der Waals surface area (Å²) in [6, 6.07) is 5.30. The molecule has 1 aromatic rings. The van der Waals surface area contributed by atoms with Crippen molar-refractivity contribution in [2.75, 3.05) is 25.1 Å². The van der Waals surface area contributed by atoms with Crippen LogP contribution in [0, 0.1) is 21.4 Å². The molecular weight excluding hydrogens is 358 g/mol. The molecular formula is C21H29N3O4. The lowest BCUT2D eigenvalue weighted by Gasteiger charge is -2.45. The Labute approximate surface area is 165 Å². The Morgan fingerprint density at radius 2 is 2.21 bits per heavy atom. The Morgan fingerprint density at radius 1 is 1.43 bits per heavy atom. The number of hydrogen-bond donors (Lipinski definition) is 2. The van der Waals surface area contributed by atoms with Crippen LogP contribution < -0.4 is 10.6 Å². The maximum absolute atomic E-state index is 11.8. The van der Waals surface area contributed by atoms with Crippen molar-refractivity contribution < 1.29 is 14.5 Å². The summed E-state index contributed by atoms with van der Waals surface area (Å²) in [6.45, 7) is 7.51. The fraction of sp³-hybridized carbons (Fsp3) is 0.571. The minimum atomic E-state index is -0.338. The highest BCUT2D eigenvalue weighted by Gasteiger charge is 2.44. The number of ether oxygens (including phenoxy) is 1. The minimum Gasteiger partial charge on any atom is -0.381 e. The monoisotopic (exact) mass is 387 g/mol. The standard InChI is InChI=1S/C21H29N3O4/c1-4-28-13-19(25)22-11-10-21(2,3)20-16-7-5-6-15(16)17-12-14(24(26)27)8-9-18(17)23-20/h5-6,8-9,12,15-16,20,23H,4,7,10-11,13H2,1-3H3,(H,22,25). The number of allylic oxidation sites excluding steroid dienone is 2. The number of carbonyl (C=O) groups excluding carboxylic acids is 1. The molecule has 1 aliphatic carbocycles. The molecule has 7 heteroatoms. The van der Waals surface area contributed by atoms with Gasteiger partial charge in [0.15, 0.2) is 0 Å². The topological polar surface area (TPSA) is 93.5 Å². The minimum absolute atomic E-state index is 0.0622. The van der Waals surface area contributed by atoms with Crippen LogP contribution in [0.25, 0.3) is 0 Å². The molecule has 7 nitrogen and oxygen atoms in total. The largest absolute Gasteiger partial charge is 0.381 e. The summed E-state index contributed by atoms with van der Waals surface area (Å²) in [5.74, 6) is 0.448. The first-order valence-electron chi connectivity index (χ1n) is 9.89. The quantitative estimate of drug-likeness (QED) is 0.404. The van der Waals surface area contributed by atoms with Gasteiger partial charge in [-0.2, -0.15) is 0 Å². The van der Waals surface area contributed by atoms with Gasteiger partial charge < -0.3 is 15.4 Å². The molecule has 0 saturated heterocycles. The lowest BCUT2D eigenvalue weighted by Crippen LogP contribution is -2.47. The van der Waals surface area contributed by atoms with E-state index in [1.807, 2.05) is 13.0 Å². The molecule has 0 aromatic heterocycles. The molecule has 1 aromatic carbocycles. The van der Waals surface area contributed by atoms with E-state index in [1.165, 1.54) is 0 Å². The van der Waals surface area contributed by atoms with Gasteiger partial charge in [0.05, 0.1) is 4.92 Å². The first-order valence-corrected chi connectivity index (χ1v) is 9.89. The molecule has 1 heterocycles. The van der Waals surface area contributed by atoms with Crippen LogP contribution >= 0.6 is 0 Å². The number of fused-ring (bicyclic) bond motifs is 3. The van der Waals surface area contributed by atoms with Gasteiger partial charge in [-0.05, 0) is 42.7 Å². The van der Waals surface area contributed by atoms with Crippen molar-refractivity contribution in [2.45, 2.75) is 45.6 Å². The Bertz CT molecular complexity index is 775. The molecule has 0 spiro atoms. The summed E-state index contributed by atoms with van der Waals surface area (Å²) in [5, 5.41) is 17.7. The molecule has 0 bridgehead atoms. The normalized spacial score (nSPS) is 22.9. The maximum Gasteiger partial charge on any atom is 0.269 e. The molecule has 3 rings (SSSR count). The van der Waals surface area contributed by atoms with Crippen molar-refractivity contribution >= 4 is 17.3 Å². The van der Waals surface area contributed by atoms with Gasteiger partial charge in [-0.25, -0.2) is 0 Å². The second-order valence-corrected chi connectivity index (χ2v) is 8.23. The third kappa shape index (κ3) is 4.19. The molecule has 0 radical (unpaired) electrons. The van der Waals surface area contributed by atoms with Crippen LogP contribution in [-0.2, 0) is 9.53 Å². The van der Waals surface area contributed by atoms with Gasteiger partial charge in [0.25, 0.3) is 5.69 Å². The Kier molecular flexibility index (Phi) is 6.03. The van der Waals surface area contributed by atoms with Crippen molar-refractivity contribution in [1.29, 1.82) is 0 Å². The van der Waals surface area contributed by atoms with Gasteiger partial charge in [-0.1, -0.05) is 26.0 Å². The van der Waals surface area contributed by atoms with Crippen molar-refractivity contribution in [3.8, 4) is 0 Å². The second kappa shape index (κ2) is 8.31. The highest BCUT2D eigenvalue weighted by atomic mass is 16.6. The number of hydrogen-bond acceptors (Lipinski definition) is 5. The molecule has 2 aliphatic rings. The van der Waals surface area contributed by atoms with Crippen molar-refractivity contribution in [3.63, 3.8) is 0 Å². The molecule has 2 N–H and O–H groups in total. The maximum atomic E-state index is 11.8. The number of benzene rings is 1. The average Bonchev–Trinajstić information content (AvgIpc) is 3.15. The highest BCUT2D eigenvalue weighted by molar-refractivity contribution is 5.77. The van der Waals surface area contributed by atoms with Crippen LogP contribution in [0.1, 0.15) is 45.1 Å². The number of non-ortho nitro benzene ring substituents is 1. The Balaban J connectivity index is 1.72. The second-order valence-electron chi connectivity index (χ2n) is 8.23. The summed E-state index contributed by atoms with van der Waals surface area (Å²) >= 11 is 0. The van der Waals surface area contributed by atoms with E-state index in [4.69, 9.17) is 4.74 Å². The molecule has 28 heavy (non-hydrogen) atoms. The number of nitrogens with zero attached hydrogens (tertiary/aromatic N) is 1. The SMILES string of the molecule is CCOCC(=O)NCCC(C)(C)C1Nc2ccc([N+](=O)[O-])cc2C2C=CCC21. The highest BCUT2D eigenvalue weighted by Crippen LogP contribution is 2.50. The van der Waals surface area contributed by atoms with Gasteiger partial charge in [-0.3, -0.25) is 14.9 Å². The summed E-state index contributed by atoms with van der Waals surface area (Å²) in [6.07, 6.45) is 6.14.